The van der Waals surface area contributed by atoms with Crippen LogP contribution in [0, 0.1) is 0 Å². The van der Waals surface area contributed by atoms with Gasteiger partial charge in [0.25, 0.3) is 9.05 Å². The summed E-state index contributed by atoms with van der Waals surface area (Å²) in [6, 6.07) is 4.14. The van der Waals surface area contributed by atoms with Gasteiger partial charge >= 0.3 is 0 Å². The van der Waals surface area contributed by atoms with E-state index in [2.05, 4.69) is 5.32 Å². The molecular weight excluding hydrogens is 278 g/mol. The molecule has 98 valence electrons. The summed E-state index contributed by atoms with van der Waals surface area (Å²) in [5, 5.41) is 2.76. The summed E-state index contributed by atoms with van der Waals surface area (Å²) in [5.74, 6) is 0.399. The van der Waals surface area contributed by atoms with Gasteiger partial charge in [-0.2, -0.15) is 0 Å². The van der Waals surface area contributed by atoms with Crippen molar-refractivity contribution in [2.24, 2.45) is 0 Å². The van der Waals surface area contributed by atoms with Gasteiger partial charge in [0.2, 0.25) is 5.91 Å². The molecule has 0 radical (unpaired) electrons. The number of halogens is 1. The third-order valence-electron chi connectivity index (χ3n) is 2.68. The van der Waals surface area contributed by atoms with Crippen LogP contribution in [0.2, 0.25) is 0 Å². The van der Waals surface area contributed by atoms with E-state index in [1.807, 2.05) is 0 Å². The smallest absolute Gasteiger partial charge is 0.261 e. The molecule has 0 saturated carbocycles. The number of carbonyl (C=O) groups is 1. The Morgan fingerprint density at radius 2 is 2.22 bits per heavy atom. The largest absolute Gasteiger partial charge is 0.493 e. The number of amides is 1. The molecule has 0 fully saturated rings. The number of fused-ring (bicyclic) bond motifs is 1. The van der Waals surface area contributed by atoms with E-state index in [0.29, 0.717) is 24.3 Å². The minimum Gasteiger partial charge on any atom is -0.493 e. The molecule has 7 heteroatoms. The molecule has 1 heterocycles. The van der Waals surface area contributed by atoms with Gasteiger partial charge in [0.1, 0.15) is 5.75 Å². The van der Waals surface area contributed by atoms with Crippen LogP contribution in [0.3, 0.4) is 0 Å². The topological polar surface area (TPSA) is 72.5 Å². The Bertz CT molecular complexity index is 585. The zero-order valence-electron chi connectivity index (χ0n) is 9.64. The molecular formula is C11H12ClNO4S. The first-order valence-electron chi connectivity index (χ1n) is 5.36. The van der Waals surface area contributed by atoms with Gasteiger partial charge < -0.3 is 10.1 Å². The first kappa shape index (κ1) is 13.2. The van der Waals surface area contributed by atoms with E-state index >= 15 is 0 Å². The van der Waals surface area contributed by atoms with Crippen LogP contribution in [-0.2, 0) is 13.8 Å². The summed E-state index contributed by atoms with van der Waals surface area (Å²) < 4.78 is 28.0. The Balaban J connectivity index is 2.44. The maximum absolute atomic E-state index is 11.3. The molecule has 0 saturated heterocycles. The van der Waals surface area contributed by atoms with Crippen LogP contribution in [0.1, 0.15) is 24.9 Å². The molecule has 1 aliphatic heterocycles. The average Bonchev–Trinajstić information content (AvgIpc) is 2.27. The van der Waals surface area contributed by atoms with E-state index in [0.717, 1.165) is 0 Å². The lowest BCUT2D eigenvalue weighted by atomic mass is 10.0. The Labute approximate surface area is 110 Å². The monoisotopic (exact) mass is 289 g/mol. The van der Waals surface area contributed by atoms with Gasteiger partial charge in [0.05, 0.1) is 17.5 Å². The van der Waals surface area contributed by atoms with Gasteiger partial charge in [-0.3, -0.25) is 4.79 Å². The average molecular weight is 290 g/mol. The molecule has 1 aromatic carbocycles. The highest BCUT2D eigenvalue weighted by Gasteiger charge is 2.24. The van der Waals surface area contributed by atoms with Gasteiger partial charge in [-0.1, -0.05) is 0 Å². The molecule has 1 aliphatic rings. The molecule has 18 heavy (non-hydrogen) atoms. The van der Waals surface area contributed by atoms with Crippen LogP contribution in [0.5, 0.6) is 5.75 Å². The number of benzene rings is 1. The van der Waals surface area contributed by atoms with Crippen molar-refractivity contribution in [3.05, 3.63) is 23.8 Å². The van der Waals surface area contributed by atoms with Gasteiger partial charge in [0.15, 0.2) is 0 Å². The fourth-order valence-corrected chi connectivity index (χ4v) is 2.71. The fraction of sp³-hybridized carbons (Fsp3) is 0.364. The summed E-state index contributed by atoms with van der Waals surface area (Å²) in [4.78, 5) is 11.1. The van der Waals surface area contributed by atoms with E-state index in [4.69, 9.17) is 15.4 Å². The molecule has 0 aliphatic carbocycles. The number of carbonyl (C=O) groups excluding carboxylic acids is 1. The quantitative estimate of drug-likeness (QED) is 0.839. The predicted molar refractivity (Wildman–Crippen MR) is 66.2 cm³/mol. The zero-order valence-corrected chi connectivity index (χ0v) is 11.2. The van der Waals surface area contributed by atoms with Crippen LogP contribution in [0.25, 0.3) is 0 Å². The molecule has 0 aromatic heterocycles. The number of hydrogen-bond acceptors (Lipinski definition) is 4. The molecule has 2 rings (SSSR count). The van der Waals surface area contributed by atoms with Gasteiger partial charge in [-0.15, -0.1) is 0 Å². The van der Waals surface area contributed by atoms with Crippen molar-refractivity contribution in [2.45, 2.75) is 24.3 Å². The van der Waals surface area contributed by atoms with Crippen molar-refractivity contribution in [1.82, 2.24) is 5.32 Å². The van der Waals surface area contributed by atoms with Crippen LogP contribution in [0.4, 0.5) is 0 Å². The highest BCUT2D eigenvalue weighted by molar-refractivity contribution is 8.13. The second-order valence-corrected chi connectivity index (χ2v) is 6.59. The van der Waals surface area contributed by atoms with Crippen LogP contribution in [-0.4, -0.2) is 20.9 Å². The maximum Gasteiger partial charge on any atom is 0.261 e. The SMILES string of the molecule is CC(=O)NC1CCOc2ccc(S(=O)(=O)Cl)cc21. The summed E-state index contributed by atoms with van der Waals surface area (Å²) in [5.41, 5.74) is 0.637. The predicted octanol–water partition coefficient (Wildman–Crippen LogP) is 1.57. The Morgan fingerprint density at radius 3 is 2.83 bits per heavy atom. The third kappa shape index (κ3) is 2.76. The van der Waals surface area contributed by atoms with Gasteiger partial charge in [-0.05, 0) is 18.2 Å². The second-order valence-electron chi connectivity index (χ2n) is 4.03. The summed E-state index contributed by atoms with van der Waals surface area (Å²) >= 11 is 0. The molecule has 1 amide bonds. The number of nitrogens with one attached hydrogen (secondary N) is 1. The lowest BCUT2D eigenvalue weighted by Gasteiger charge is -2.26. The van der Waals surface area contributed by atoms with Crippen LogP contribution in [0.15, 0.2) is 23.1 Å². The van der Waals surface area contributed by atoms with Crippen LogP contribution >= 0.6 is 10.7 Å². The standard InChI is InChI=1S/C11H12ClNO4S/c1-7(14)13-10-4-5-17-11-3-2-8(6-9(10)11)18(12,15)16/h2-3,6,10H,4-5H2,1H3,(H,13,14). The van der Waals surface area contributed by atoms with Crippen LogP contribution < -0.4 is 10.1 Å². The minimum absolute atomic E-state index is 0.00349. The Kier molecular flexibility index (Phi) is 3.49. The Morgan fingerprint density at radius 1 is 1.50 bits per heavy atom. The normalized spacial score (nSPS) is 18.7. The fourth-order valence-electron chi connectivity index (χ4n) is 1.92. The van der Waals surface area contributed by atoms with Crippen molar-refractivity contribution >= 4 is 25.6 Å². The summed E-state index contributed by atoms with van der Waals surface area (Å²) in [7, 11) is 1.51. The first-order chi connectivity index (χ1) is 8.38. The number of rotatable bonds is 2. The first-order valence-corrected chi connectivity index (χ1v) is 7.67. The molecule has 5 nitrogen and oxygen atoms in total. The third-order valence-corrected chi connectivity index (χ3v) is 4.03. The van der Waals surface area contributed by atoms with Crippen molar-refractivity contribution in [2.75, 3.05) is 6.61 Å². The van der Waals surface area contributed by atoms with E-state index in [1.165, 1.54) is 19.1 Å². The van der Waals surface area contributed by atoms with Gasteiger partial charge in [-0.25, -0.2) is 8.42 Å². The zero-order chi connectivity index (χ0) is 13.3. The molecule has 1 aromatic rings. The molecule has 1 N–H and O–H groups in total. The minimum atomic E-state index is -3.78. The van der Waals surface area contributed by atoms with E-state index in [-0.39, 0.29) is 16.8 Å². The van der Waals surface area contributed by atoms with Crippen molar-refractivity contribution in [3.8, 4) is 5.75 Å². The number of hydrogen-bond donors (Lipinski definition) is 1. The van der Waals surface area contributed by atoms with E-state index in [9.17, 15) is 13.2 Å². The lowest BCUT2D eigenvalue weighted by Crippen LogP contribution is -2.30. The van der Waals surface area contributed by atoms with Crippen molar-refractivity contribution < 1.29 is 17.9 Å². The van der Waals surface area contributed by atoms with Crippen molar-refractivity contribution in [1.29, 1.82) is 0 Å². The highest BCUT2D eigenvalue weighted by atomic mass is 35.7. The van der Waals surface area contributed by atoms with E-state index in [1.54, 1.807) is 6.07 Å². The Hall–Kier alpha value is -1.27. The molecule has 0 spiro atoms. The highest BCUT2D eigenvalue weighted by Crippen LogP contribution is 2.34. The number of ether oxygens (including phenoxy) is 1. The summed E-state index contributed by atoms with van der Waals surface area (Å²) in [6.07, 6.45) is 0.596. The summed E-state index contributed by atoms with van der Waals surface area (Å²) in [6.45, 7) is 1.89. The van der Waals surface area contributed by atoms with Gasteiger partial charge in [0, 0.05) is 29.6 Å². The lowest BCUT2D eigenvalue weighted by molar-refractivity contribution is -0.119. The molecule has 1 unspecified atom stereocenters. The maximum atomic E-state index is 11.3. The molecule has 0 bridgehead atoms. The molecule has 1 atom stereocenters. The second kappa shape index (κ2) is 4.78. The van der Waals surface area contributed by atoms with E-state index < -0.39 is 9.05 Å². The van der Waals surface area contributed by atoms with Crippen molar-refractivity contribution in [3.63, 3.8) is 0 Å².